The van der Waals surface area contributed by atoms with E-state index in [1.165, 1.54) is 5.56 Å². The number of hydrogen-bond acceptors (Lipinski definition) is 4. The summed E-state index contributed by atoms with van der Waals surface area (Å²) in [6.45, 7) is 2.49. The number of nitrogens with one attached hydrogen (secondary N) is 1. The van der Waals surface area contributed by atoms with E-state index in [4.69, 9.17) is 10.00 Å². The Balaban J connectivity index is 0.00000210. The van der Waals surface area contributed by atoms with Crippen LogP contribution in [0.25, 0.3) is 0 Å². The van der Waals surface area contributed by atoms with Gasteiger partial charge >= 0.3 is 0 Å². The second kappa shape index (κ2) is 7.63. The Morgan fingerprint density at radius 1 is 1.26 bits per heavy atom. The molecule has 1 N–H and O–H groups in total. The molecule has 3 atom stereocenters. The van der Waals surface area contributed by atoms with Crippen LogP contribution in [0.3, 0.4) is 0 Å². The van der Waals surface area contributed by atoms with E-state index in [1.54, 1.807) is 19.4 Å². The average Bonchev–Trinajstić information content (AvgIpc) is 3.35. The number of nitriles is 1. The van der Waals surface area contributed by atoms with Gasteiger partial charge in [-0.05, 0) is 36.7 Å². The molecular formula is C20H23ClN4O2. The van der Waals surface area contributed by atoms with Crippen molar-refractivity contribution in [2.45, 2.75) is 6.04 Å². The number of hydrogen-bond donors (Lipinski definition) is 1. The molecule has 0 aliphatic carbocycles. The van der Waals surface area contributed by atoms with Gasteiger partial charge in [0.05, 0.1) is 12.7 Å². The van der Waals surface area contributed by atoms with Crippen molar-refractivity contribution in [3.63, 3.8) is 0 Å². The molecule has 2 fully saturated rings. The van der Waals surface area contributed by atoms with Crippen molar-refractivity contribution >= 4 is 18.3 Å². The van der Waals surface area contributed by atoms with Crippen LogP contribution in [0.5, 0.6) is 5.75 Å². The number of H-pyrrole nitrogens is 1. The Hall–Kier alpha value is -2.49. The molecule has 0 spiro atoms. The minimum Gasteiger partial charge on any atom is -0.497 e. The number of aromatic amines is 1. The predicted molar refractivity (Wildman–Crippen MR) is 104 cm³/mol. The van der Waals surface area contributed by atoms with Gasteiger partial charge < -0.3 is 14.6 Å². The van der Waals surface area contributed by atoms with Gasteiger partial charge in [0.2, 0.25) is 0 Å². The molecule has 1 amide bonds. The highest BCUT2D eigenvalue weighted by molar-refractivity contribution is 5.93. The minimum atomic E-state index is -0.0166. The monoisotopic (exact) mass is 386 g/mol. The lowest BCUT2D eigenvalue weighted by atomic mass is 9.89. The van der Waals surface area contributed by atoms with E-state index in [9.17, 15) is 4.79 Å². The van der Waals surface area contributed by atoms with E-state index in [2.05, 4.69) is 35.1 Å². The molecule has 0 unspecified atom stereocenters. The van der Waals surface area contributed by atoms with Crippen molar-refractivity contribution in [1.29, 1.82) is 5.26 Å². The lowest BCUT2D eigenvalue weighted by Crippen LogP contribution is -2.33. The number of carbonyl (C=O) groups is 1. The summed E-state index contributed by atoms with van der Waals surface area (Å²) in [6.07, 6.45) is 1.58. The molecule has 6 nitrogen and oxygen atoms in total. The van der Waals surface area contributed by atoms with Gasteiger partial charge in [-0.25, -0.2) is 0 Å². The van der Waals surface area contributed by atoms with Crippen LogP contribution in [-0.2, 0) is 0 Å². The summed E-state index contributed by atoms with van der Waals surface area (Å²) in [4.78, 5) is 20.0. The van der Waals surface area contributed by atoms with E-state index in [1.807, 2.05) is 17.0 Å². The number of fused-ring (bicyclic) bond motifs is 1. The summed E-state index contributed by atoms with van der Waals surface area (Å²) < 4.78 is 5.26. The molecule has 4 rings (SSSR count). The maximum Gasteiger partial charge on any atom is 0.270 e. The van der Waals surface area contributed by atoms with Crippen molar-refractivity contribution in [1.82, 2.24) is 14.8 Å². The van der Waals surface area contributed by atoms with E-state index in [-0.39, 0.29) is 18.3 Å². The first kappa shape index (κ1) is 19.3. The zero-order valence-corrected chi connectivity index (χ0v) is 16.2. The molecule has 0 saturated carbocycles. The Bertz CT molecular complexity index is 858. The van der Waals surface area contributed by atoms with E-state index >= 15 is 0 Å². The molecule has 1 aromatic heterocycles. The number of benzene rings is 1. The first-order valence-corrected chi connectivity index (χ1v) is 8.82. The molecule has 0 bridgehead atoms. The van der Waals surface area contributed by atoms with E-state index in [0.717, 1.165) is 25.4 Å². The molecule has 0 radical (unpaired) electrons. The predicted octanol–water partition coefficient (Wildman–Crippen LogP) is 2.69. The lowest BCUT2D eigenvalue weighted by Gasteiger charge is -2.27. The number of aromatic nitrogens is 1. The fourth-order valence-electron chi connectivity index (χ4n) is 4.48. The summed E-state index contributed by atoms with van der Waals surface area (Å²) in [5.41, 5.74) is 2.25. The Morgan fingerprint density at radius 3 is 2.63 bits per heavy atom. The van der Waals surface area contributed by atoms with Gasteiger partial charge in [-0.2, -0.15) is 5.26 Å². The number of halogens is 1. The second-order valence-electron chi connectivity index (χ2n) is 7.21. The van der Waals surface area contributed by atoms with Crippen molar-refractivity contribution < 1.29 is 9.53 Å². The van der Waals surface area contributed by atoms with Gasteiger partial charge in [0.1, 0.15) is 17.5 Å². The molecule has 2 aromatic rings. The number of carbonyl (C=O) groups excluding carboxylic acids is 1. The molecular weight excluding hydrogens is 364 g/mol. The maximum absolute atomic E-state index is 12.8. The summed E-state index contributed by atoms with van der Waals surface area (Å²) in [7, 11) is 3.83. The standard InChI is InChI=1S/C20H22N4O2.ClH/c1-23-10-15-11-24(20(25)18-7-13(8-21)9-22-18)12-17(15)19(23)14-3-5-16(26-2)6-4-14;/h3-7,9,15,17,19,22H,10-12H2,1-2H3;1H/t15-,17+,19+;/m0./s1. The van der Waals surface area contributed by atoms with Crippen molar-refractivity contribution in [2.24, 2.45) is 11.8 Å². The van der Waals surface area contributed by atoms with Gasteiger partial charge in [-0.3, -0.25) is 9.69 Å². The van der Waals surface area contributed by atoms with Crippen LogP contribution in [0.15, 0.2) is 36.5 Å². The van der Waals surface area contributed by atoms with Crippen LogP contribution >= 0.6 is 12.4 Å². The second-order valence-corrected chi connectivity index (χ2v) is 7.21. The number of nitrogens with zero attached hydrogens (tertiary/aromatic N) is 3. The molecule has 3 heterocycles. The van der Waals surface area contributed by atoms with E-state index < -0.39 is 0 Å². The van der Waals surface area contributed by atoms with Crippen LogP contribution in [0, 0.1) is 23.2 Å². The number of ether oxygens (including phenoxy) is 1. The summed E-state index contributed by atoms with van der Waals surface area (Å²) >= 11 is 0. The van der Waals surface area contributed by atoms with Crippen LogP contribution in [0.2, 0.25) is 0 Å². The van der Waals surface area contributed by atoms with E-state index in [0.29, 0.717) is 29.1 Å². The molecule has 2 aliphatic heterocycles. The topological polar surface area (TPSA) is 72.4 Å². The average molecular weight is 387 g/mol. The molecule has 2 aliphatic rings. The third-order valence-corrected chi connectivity index (χ3v) is 5.68. The summed E-state index contributed by atoms with van der Waals surface area (Å²) in [5, 5.41) is 8.95. The molecule has 2 saturated heterocycles. The highest BCUT2D eigenvalue weighted by atomic mass is 35.5. The normalized spacial score (nSPS) is 24.2. The van der Waals surface area contributed by atoms with Crippen molar-refractivity contribution in [3.05, 3.63) is 53.3 Å². The third-order valence-electron chi connectivity index (χ3n) is 5.68. The van der Waals surface area contributed by atoms with Crippen LogP contribution in [-0.4, -0.2) is 54.5 Å². The first-order valence-electron chi connectivity index (χ1n) is 8.82. The number of amides is 1. The first-order chi connectivity index (χ1) is 12.6. The van der Waals surface area contributed by atoms with Gasteiger partial charge in [0.25, 0.3) is 5.91 Å². The molecule has 7 heteroatoms. The highest BCUT2D eigenvalue weighted by Gasteiger charge is 2.47. The Morgan fingerprint density at radius 2 is 2.00 bits per heavy atom. The fourth-order valence-corrected chi connectivity index (χ4v) is 4.48. The smallest absolute Gasteiger partial charge is 0.270 e. The maximum atomic E-state index is 12.8. The van der Waals surface area contributed by atoms with Gasteiger partial charge in [-0.15, -0.1) is 12.4 Å². The number of methoxy groups -OCH3 is 1. The van der Waals surface area contributed by atoms with Crippen LogP contribution in [0.4, 0.5) is 0 Å². The fraction of sp³-hybridized carbons (Fsp3) is 0.400. The Kier molecular flexibility index (Phi) is 5.45. The minimum absolute atomic E-state index is 0. The molecule has 142 valence electrons. The SMILES string of the molecule is COc1ccc([C@@H]2[C@@H]3CN(C(=O)c4cc(C#N)c[nH]4)C[C@@H]3CN2C)cc1.Cl. The quantitative estimate of drug-likeness (QED) is 0.880. The van der Waals surface area contributed by atoms with Crippen molar-refractivity contribution in [3.8, 4) is 11.8 Å². The summed E-state index contributed by atoms with van der Waals surface area (Å²) in [5.74, 6) is 1.73. The zero-order valence-electron chi connectivity index (χ0n) is 15.4. The molecule has 1 aromatic carbocycles. The third kappa shape index (κ3) is 3.41. The number of rotatable bonds is 3. The van der Waals surface area contributed by atoms with Gasteiger partial charge in [-0.1, -0.05) is 12.1 Å². The Labute approximate surface area is 165 Å². The van der Waals surface area contributed by atoms with Crippen LogP contribution < -0.4 is 4.74 Å². The summed E-state index contributed by atoms with van der Waals surface area (Å²) in [6, 6.07) is 12.2. The zero-order chi connectivity index (χ0) is 18.3. The van der Waals surface area contributed by atoms with Gasteiger partial charge in [0, 0.05) is 37.8 Å². The van der Waals surface area contributed by atoms with Crippen molar-refractivity contribution in [2.75, 3.05) is 33.8 Å². The van der Waals surface area contributed by atoms with Crippen LogP contribution in [0.1, 0.15) is 27.7 Å². The highest BCUT2D eigenvalue weighted by Crippen LogP contribution is 2.44. The molecule has 27 heavy (non-hydrogen) atoms. The number of likely N-dealkylation sites (tertiary alicyclic amines) is 2. The van der Waals surface area contributed by atoms with Gasteiger partial charge in [0.15, 0.2) is 0 Å². The largest absolute Gasteiger partial charge is 0.497 e. The lowest BCUT2D eigenvalue weighted by molar-refractivity contribution is 0.0762.